The quantitative estimate of drug-likeness (QED) is 0.681. The van der Waals surface area contributed by atoms with Crippen LogP contribution in [0.2, 0.25) is 0 Å². The van der Waals surface area contributed by atoms with Crippen LogP contribution in [-0.4, -0.2) is 11.6 Å². The van der Waals surface area contributed by atoms with Crippen molar-refractivity contribution in [3.05, 3.63) is 0 Å². The highest BCUT2D eigenvalue weighted by Crippen LogP contribution is 2.39. The normalized spacial score (nSPS) is 30.4. The summed E-state index contributed by atoms with van der Waals surface area (Å²) >= 11 is 0. The number of ether oxygens (including phenoxy) is 1. The summed E-state index contributed by atoms with van der Waals surface area (Å²) < 4.78 is 5.57. The predicted octanol–water partition coefficient (Wildman–Crippen LogP) is 4.04. The summed E-state index contributed by atoms with van der Waals surface area (Å²) in [7, 11) is 0. The van der Waals surface area contributed by atoms with Crippen LogP contribution in [-0.2, 0) is 9.53 Å². The van der Waals surface area contributed by atoms with E-state index in [1.165, 1.54) is 12.8 Å². The van der Waals surface area contributed by atoms with E-state index in [4.69, 9.17) is 4.74 Å². The first-order chi connectivity index (χ1) is 7.70. The molecule has 0 aromatic rings. The molecule has 17 heavy (non-hydrogen) atoms. The first-order valence-electron chi connectivity index (χ1n) is 6.93. The molecule has 0 amide bonds. The van der Waals surface area contributed by atoms with Crippen molar-refractivity contribution in [2.45, 2.75) is 66.4 Å². The van der Waals surface area contributed by atoms with E-state index in [0.717, 1.165) is 6.42 Å². The van der Waals surface area contributed by atoms with Gasteiger partial charge in [0.15, 0.2) is 0 Å². The Balaban J connectivity index is 2.72. The molecule has 0 heterocycles. The second-order valence-corrected chi connectivity index (χ2v) is 6.97. The Hall–Kier alpha value is -0.530. The van der Waals surface area contributed by atoms with Gasteiger partial charge in [-0.05, 0) is 51.4 Å². The molecule has 1 rings (SSSR count). The summed E-state index contributed by atoms with van der Waals surface area (Å²) in [4.78, 5) is 12.3. The lowest BCUT2D eigenvalue weighted by molar-refractivity contribution is -0.165. The fraction of sp³-hybridized carbons (Fsp3) is 0.933. The molecule has 2 heteroatoms. The lowest BCUT2D eigenvalue weighted by Gasteiger charge is -2.37. The van der Waals surface area contributed by atoms with Gasteiger partial charge in [0.2, 0.25) is 0 Å². The number of rotatable bonds is 2. The van der Waals surface area contributed by atoms with Crippen molar-refractivity contribution in [2.24, 2.45) is 23.7 Å². The van der Waals surface area contributed by atoms with E-state index in [2.05, 4.69) is 20.8 Å². The highest BCUT2D eigenvalue weighted by molar-refractivity contribution is 5.73. The fourth-order valence-electron chi connectivity index (χ4n) is 2.85. The molecular weight excluding hydrogens is 212 g/mol. The molecule has 1 saturated carbocycles. The smallest absolute Gasteiger partial charge is 0.309 e. The van der Waals surface area contributed by atoms with Crippen molar-refractivity contribution in [2.75, 3.05) is 0 Å². The fourth-order valence-corrected chi connectivity index (χ4v) is 2.85. The molecule has 0 saturated heterocycles. The number of esters is 1. The van der Waals surface area contributed by atoms with Crippen LogP contribution in [0.3, 0.4) is 0 Å². The molecule has 1 aliphatic carbocycles. The molecular formula is C15H28O2. The topological polar surface area (TPSA) is 26.3 Å². The summed E-state index contributed by atoms with van der Waals surface area (Å²) in [5, 5.41) is 0. The van der Waals surface area contributed by atoms with E-state index in [1.807, 2.05) is 20.8 Å². The Bertz CT molecular complexity index is 263. The second-order valence-electron chi connectivity index (χ2n) is 6.97. The Morgan fingerprint density at radius 1 is 1.24 bits per heavy atom. The lowest BCUT2D eigenvalue weighted by atomic mass is 9.70. The standard InChI is InChI=1S/C15H28O2/c1-10(2)12-8-7-11(3)9-13(12)14(16)17-15(4,5)6/h10-13H,7-9H2,1-6H3. The van der Waals surface area contributed by atoms with Crippen molar-refractivity contribution in [1.82, 2.24) is 0 Å². The maximum atomic E-state index is 12.3. The highest BCUT2D eigenvalue weighted by Gasteiger charge is 2.37. The van der Waals surface area contributed by atoms with E-state index in [9.17, 15) is 4.79 Å². The van der Waals surface area contributed by atoms with Crippen molar-refractivity contribution < 1.29 is 9.53 Å². The zero-order chi connectivity index (χ0) is 13.2. The van der Waals surface area contributed by atoms with Crippen LogP contribution in [0.5, 0.6) is 0 Å². The van der Waals surface area contributed by atoms with Gasteiger partial charge < -0.3 is 4.74 Å². The first-order valence-corrected chi connectivity index (χ1v) is 6.93. The molecule has 1 aliphatic rings. The van der Waals surface area contributed by atoms with Gasteiger partial charge in [-0.3, -0.25) is 4.79 Å². The number of carbonyl (C=O) groups is 1. The summed E-state index contributed by atoms with van der Waals surface area (Å²) in [5.41, 5.74) is -0.362. The highest BCUT2D eigenvalue weighted by atomic mass is 16.6. The largest absolute Gasteiger partial charge is 0.460 e. The van der Waals surface area contributed by atoms with E-state index in [-0.39, 0.29) is 17.5 Å². The average molecular weight is 240 g/mol. The van der Waals surface area contributed by atoms with Gasteiger partial charge in [-0.25, -0.2) is 0 Å². The molecule has 0 aliphatic heterocycles. The molecule has 3 unspecified atom stereocenters. The third-order valence-electron chi connectivity index (χ3n) is 3.73. The summed E-state index contributed by atoms with van der Waals surface area (Å²) in [6.07, 6.45) is 3.42. The van der Waals surface area contributed by atoms with Crippen molar-refractivity contribution in [3.8, 4) is 0 Å². The van der Waals surface area contributed by atoms with Crippen LogP contribution >= 0.6 is 0 Å². The Morgan fingerprint density at radius 2 is 1.82 bits per heavy atom. The van der Waals surface area contributed by atoms with Crippen LogP contribution in [0.1, 0.15) is 60.8 Å². The maximum Gasteiger partial charge on any atom is 0.309 e. The SMILES string of the molecule is CC1CCC(C(C)C)C(C(=O)OC(C)(C)C)C1. The van der Waals surface area contributed by atoms with Gasteiger partial charge in [-0.15, -0.1) is 0 Å². The molecule has 0 N–H and O–H groups in total. The summed E-state index contributed by atoms with van der Waals surface area (Å²) in [6, 6.07) is 0. The van der Waals surface area contributed by atoms with Gasteiger partial charge in [-0.1, -0.05) is 27.2 Å². The second kappa shape index (κ2) is 5.41. The summed E-state index contributed by atoms with van der Waals surface area (Å²) in [5.74, 6) is 1.85. The van der Waals surface area contributed by atoms with E-state index < -0.39 is 0 Å². The number of hydrogen-bond acceptors (Lipinski definition) is 2. The summed E-state index contributed by atoms with van der Waals surface area (Å²) in [6.45, 7) is 12.5. The Kier molecular flexibility index (Phi) is 4.62. The van der Waals surface area contributed by atoms with Crippen LogP contribution < -0.4 is 0 Å². The molecule has 2 nitrogen and oxygen atoms in total. The molecule has 100 valence electrons. The van der Waals surface area contributed by atoms with Gasteiger partial charge in [0.1, 0.15) is 5.60 Å². The zero-order valence-electron chi connectivity index (χ0n) is 12.2. The van der Waals surface area contributed by atoms with Crippen LogP contribution in [0.4, 0.5) is 0 Å². The molecule has 0 aromatic heterocycles. The Morgan fingerprint density at radius 3 is 2.29 bits per heavy atom. The maximum absolute atomic E-state index is 12.3. The van der Waals surface area contributed by atoms with E-state index >= 15 is 0 Å². The Labute approximate surface area is 106 Å². The van der Waals surface area contributed by atoms with Crippen LogP contribution in [0.15, 0.2) is 0 Å². The van der Waals surface area contributed by atoms with Gasteiger partial charge in [0.25, 0.3) is 0 Å². The van der Waals surface area contributed by atoms with Gasteiger partial charge in [0.05, 0.1) is 5.92 Å². The average Bonchev–Trinajstić information content (AvgIpc) is 2.14. The molecule has 3 atom stereocenters. The van der Waals surface area contributed by atoms with Crippen molar-refractivity contribution in [3.63, 3.8) is 0 Å². The first kappa shape index (κ1) is 14.5. The molecule has 1 fully saturated rings. The minimum Gasteiger partial charge on any atom is -0.460 e. The van der Waals surface area contributed by atoms with Crippen LogP contribution in [0, 0.1) is 23.7 Å². The third kappa shape index (κ3) is 4.33. The van der Waals surface area contributed by atoms with Crippen molar-refractivity contribution in [1.29, 1.82) is 0 Å². The van der Waals surface area contributed by atoms with Crippen molar-refractivity contribution >= 4 is 5.97 Å². The minimum absolute atomic E-state index is 0.0164. The number of carbonyl (C=O) groups excluding carboxylic acids is 1. The lowest BCUT2D eigenvalue weighted by Crippen LogP contribution is -2.37. The zero-order valence-corrected chi connectivity index (χ0v) is 12.2. The number of hydrogen-bond donors (Lipinski definition) is 0. The van der Waals surface area contributed by atoms with Gasteiger partial charge in [0, 0.05) is 0 Å². The monoisotopic (exact) mass is 240 g/mol. The van der Waals surface area contributed by atoms with Gasteiger partial charge in [-0.2, -0.15) is 0 Å². The third-order valence-corrected chi connectivity index (χ3v) is 3.73. The molecule has 0 aromatic carbocycles. The van der Waals surface area contributed by atoms with E-state index in [0.29, 0.717) is 17.8 Å². The van der Waals surface area contributed by atoms with E-state index in [1.54, 1.807) is 0 Å². The molecule has 0 bridgehead atoms. The molecule has 0 radical (unpaired) electrons. The minimum atomic E-state index is -0.362. The molecule has 0 spiro atoms. The van der Waals surface area contributed by atoms with Crippen LogP contribution in [0.25, 0.3) is 0 Å². The van der Waals surface area contributed by atoms with Gasteiger partial charge >= 0.3 is 5.97 Å². The predicted molar refractivity (Wildman–Crippen MR) is 70.7 cm³/mol.